The molecule has 0 spiro atoms. The monoisotopic (exact) mass is 293 g/mol. The minimum Gasteiger partial charge on any atom is -0.388 e. The molecule has 0 aliphatic heterocycles. The van der Waals surface area contributed by atoms with Crippen LogP contribution in [0.2, 0.25) is 0 Å². The van der Waals surface area contributed by atoms with Crippen molar-refractivity contribution >= 4 is 11.8 Å². The Kier molecular flexibility index (Phi) is 3.70. The maximum Gasteiger partial charge on any atom is 0.0812 e. The molecular formula is C17H27NOS. The molecule has 1 unspecified atom stereocenters. The van der Waals surface area contributed by atoms with Crippen LogP contribution in [-0.2, 0) is 13.0 Å². The summed E-state index contributed by atoms with van der Waals surface area (Å²) in [6, 6.07) is 2.15. The van der Waals surface area contributed by atoms with Gasteiger partial charge < -0.3 is 9.67 Å². The van der Waals surface area contributed by atoms with Gasteiger partial charge in [-0.3, -0.25) is 0 Å². The summed E-state index contributed by atoms with van der Waals surface area (Å²) in [5.41, 5.74) is 2.78. The maximum absolute atomic E-state index is 10.4. The number of aliphatic hydroxyl groups excluding tert-OH is 1. The molecule has 112 valence electrons. The molecule has 0 amide bonds. The van der Waals surface area contributed by atoms with E-state index in [1.54, 1.807) is 0 Å². The van der Waals surface area contributed by atoms with E-state index < -0.39 is 0 Å². The van der Waals surface area contributed by atoms with Crippen molar-refractivity contribution in [2.75, 3.05) is 6.26 Å². The van der Waals surface area contributed by atoms with Gasteiger partial charge in [0.15, 0.2) is 0 Å². The molecular weight excluding hydrogens is 266 g/mol. The average Bonchev–Trinajstić information content (AvgIpc) is 2.97. The number of hydrogen-bond acceptors (Lipinski definition) is 2. The summed E-state index contributed by atoms with van der Waals surface area (Å²) in [6.45, 7) is 5.67. The first-order chi connectivity index (χ1) is 9.45. The Balaban J connectivity index is 1.89. The lowest BCUT2D eigenvalue weighted by Gasteiger charge is -2.35. The van der Waals surface area contributed by atoms with E-state index in [4.69, 9.17) is 0 Å². The van der Waals surface area contributed by atoms with Crippen LogP contribution < -0.4 is 0 Å². The predicted molar refractivity (Wildman–Crippen MR) is 86.2 cm³/mol. The van der Waals surface area contributed by atoms with E-state index in [1.165, 1.54) is 36.9 Å². The summed E-state index contributed by atoms with van der Waals surface area (Å²) in [5.74, 6) is 0. The average molecular weight is 293 g/mol. The van der Waals surface area contributed by atoms with E-state index in [0.717, 1.165) is 19.4 Å². The van der Waals surface area contributed by atoms with E-state index in [-0.39, 0.29) is 11.5 Å². The summed E-state index contributed by atoms with van der Waals surface area (Å²) in [5, 5.41) is 10.4. The Labute approximate surface area is 127 Å². The van der Waals surface area contributed by atoms with Crippen LogP contribution in [-0.4, -0.2) is 20.7 Å². The molecule has 0 bridgehead atoms. The second kappa shape index (κ2) is 5.10. The Morgan fingerprint density at radius 2 is 2.05 bits per heavy atom. The van der Waals surface area contributed by atoms with E-state index in [0.29, 0.717) is 4.75 Å². The number of rotatable bonds is 3. The van der Waals surface area contributed by atoms with Crippen molar-refractivity contribution in [2.24, 2.45) is 5.41 Å². The third-order valence-corrected chi connectivity index (χ3v) is 6.67. The Hall–Kier alpha value is -0.410. The second-order valence-corrected chi connectivity index (χ2v) is 8.78. The fraction of sp³-hybridized carbons (Fsp3) is 0.765. The zero-order valence-corrected chi connectivity index (χ0v) is 13.8. The highest BCUT2D eigenvalue weighted by atomic mass is 32.2. The van der Waals surface area contributed by atoms with Gasteiger partial charge in [0.2, 0.25) is 0 Å². The van der Waals surface area contributed by atoms with Crippen molar-refractivity contribution < 1.29 is 5.11 Å². The summed E-state index contributed by atoms with van der Waals surface area (Å²) >= 11 is 2.05. The molecule has 1 saturated carbocycles. The molecule has 1 atom stereocenters. The highest BCUT2D eigenvalue weighted by Crippen LogP contribution is 2.45. The van der Waals surface area contributed by atoms with Gasteiger partial charge in [-0.1, -0.05) is 26.7 Å². The first-order valence-corrected chi connectivity index (χ1v) is 9.08. The Morgan fingerprint density at radius 1 is 1.35 bits per heavy atom. The number of aliphatic hydroxyl groups is 1. The molecule has 3 heteroatoms. The molecule has 0 aromatic carbocycles. The molecule has 1 N–H and O–H groups in total. The lowest BCUT2D eigenvalue weighted by atomic mass is 9.75. The molecule has 3 rings (SSSR count). The molecule has 2 nitrogen and oxygen atoms in total. The van der Waals surface area contributed by atoms with Crippen molar-refractivity contribution in [3.05, 3.63) is 23.5 Å². The van der Waals surface area contributed by atoms with Gasteiger partial charge in [-0.05, 0) is 43.4 Å². The first-order valence-electron chi connectivity index (χ1n) is 7.86. The number of thioether (sulfide) groups is 1. The number of aromatic nitrogens is 1. The zero-order chi connectivity index (χ0) is 14.4. The minimum atomic E-state index is -0.274. The molecule has 2 aliphatic rings. The fourth-order valence-electron chi connectivity index (χ4n) is 4.09. The number of fused-ring (bicyclic) bond motifs is 1. The normalized spacial score (nSPS) is 27.5. The van der Waals surface area contributed by atoms with Crippen molar-refractivity contribution in [3.63, 3.8) is 0 Å². The molecule has 20 heavy (non-hydrogen) atoms. The highest BCUT2D eigenvalue weighted by molar-refractivity contribution is 8.00. The summed E-state index contributed by atoms with van der Waals surface area (Å²) in [6.07, 6.45) is 11.6. The molecule has 0 radical (unpaired) electrons. The van der Waals surface area contributed by atoms with Crippen LogP contribution in [0.15, 0.2) is 12.3 Å². The van der Waals surface area contributed by atoms with Crippen LogP contribution in [0, 0.1) is 5.41 Å². The topological polar surface area (TPSA) is 25.2 Å². The predicted octanol–water partition coefficient (Wildman–Crippen LogP) is 4.17. The lowest BCUT2D eigenvalue weighted by Crippen LogP contribution is -2.31. The van der Waals surface area contributed by atoms with Gasteiger partial charge in [-0.25, -0.2) is 0 Å². The summed E-state index contributed by atoms with van der Waals surface area (Å²) in [4.78, 5) is 0. The number of nitrogens with zero attached hydrogens (tertiary/aromatic N) is 1. The highest BCUT2D eigenvalue weighted by Gasteiger charge is 2.37. The fourth-order valence-corrected chi connectivity index (χ4v) is 5.06. The zero-order valence-electron chi connectivity index (χ0n) is 13.0. The smallest absolute Gasteiger partial charge is 0.0812 e. The van der Waals surface area contributed by atoms with Crippen molar-refractivity contribution in [1.29, 1.82) is 0 Å². The van der Waals surface area contributed by atoms with Crippen LogP contribution in [0.4, 0.5) is 0 Å². The maximum atomic E-state index is 10.4. The Bertz CT molecular complexity index is 485. The van der Waals surface area contributed by atoms with Gasteiger partial charge in [0.25, 0.3) is 0 Å². The lowest BCUT2D eigenvalue weighted by molar-refractivity contribution is 0.0977. The van der Waals surface area contributed by atoms with Gasteiger partial charge in [0.1, 0.15) is 0 Å². The first kappa shape index (κ1) is 14.5. The quantitative estimate of drug-likeness (QED) is 0.905. The molecule has 1 heterocycles. The van der Waals surface area contributed by atoms with Crippen molar-refractivity contribution in [3.8, 4) is 0 Å². The van der Waals surface area contributed by atoms with Gasteiger partial charge in [0, 0.05) is 28.7 Å². The molecule has 1 fully saturated rings. The van der Waals surface area contributed by atoms with Gasteiger partial charge in [-0.15, -0.1) is 0 Å². The van der Waals surface area contributed by atoms with Crippen LogP contribution in [0.1, 0.15) is 63.3 Å². The second-order valence-electron chi connectivity index (χ2n) is 7.50. The van der Waals surface area contributed by atoms with Crippen molar-refractivity contribution in [2.45, 2.75) is 69.8 Å². The van der Waals surface area contributed by atoms with E-state index in [9.17, 15) is 5.11 Å². The third kappa shape index (κ3) is 2.55. The number of hydrogen-bond donors (Lipinski definition) is 1. The van der Waals surface area contributed by atoms with Crippen LogP contribution in [0.25, 0.3) is 0 Å². The standard InChI is InChI=1S/C17H27NOS/c1-16(2)10-14-13(15(19)11-16)6-9-18(14)12-17(20-3)7-4-5-8-17/h6,9,15,19H,4-5,7-8,10-12H2,1-3H3. The van der Waals surface area contributed by atoms with Gasteiger partial charge in [-0.2, -0.15) is 11.8 Å². The largest absolute Gasteiger partial charge is 0.388 e. The Morgan fingerprint density at radius 3 is 2.70 bits per heavy atom. The molecule has 1 aromatic heterocycles. The van der Waals surface area contributed by atoms with Crippen LogP contribution in [0.3, 0.4) is 0 Å². The minimum absolute atomic E-state index is 0.213. The van der Waals surface area contributed by atoms with Crippen molar-refractivity contribution in [1.82, 2.24) is 4.57 Å². The molecule has 2 aliphatic carbocycles. The van der Waals surface area contributed by atoms with Gasteiger partial charge in [0.05, 0.1) is 6.10 Å². The third-order valence-electron chi connectivity index (χ3n) is 5.27. The SMILES string of the molecule is CSC1(Cn2ccc3c2CC(C)(C)CC3O)CCCC1. The van der Waals surface area contributed by atoms with Crippen LogP contribution in [0.5, 0.6) is 0 Å². The van der Waals surface area contributed by atoms with E-state index >= 15 is 0 Å². The van der Waals surface area contributed by atoms with Gasteiger partial charge >= 0.3 is 0 Å². The van der Waals surface area contributed by atoms with Crippen LogP contribution >= 0.6 is 11.8 Å². The van der Waals surface area contributed by atoms with E-state index in [2.05, 4.69) is 36.9 Å². The molecule has 0 saturated heterocycles. The summed E-state index contributed by atoms with van der Waals surface area (Å²) < 4.78 is 2.88. The van der Waals surface area contributed by atoms with E-state index in [1.807, 2.05) is 11.8 Å². The molecule has 1 aromatic rings. The summed E-state index contributed by atoms with van der Waals surface area (Å²) in [7, 11) is 0.